The molecule has 3 rings (SSSR count). The summed E-state index contributed by atoms with van der Waals surface area (Å²) in [4.78, 5) is 17.1. The van der Waals surface area contributed by atoms with Crippen molar-refractivity contribution in [2.75, 3.05) is 26.2 Å². The van der Waals surface area contributed by atoms with Gasteiger partial charge in [0, 0.05) is 36.9 Å². The van der Waals surface area contributed by atoms with Gasteiger partial charge in [0.2, 0.25) is 0 Å². The number of piperidine rings is 1. The SMILES string of the molecule is Cc1[nH]nc(C(=O)N2CCN3CCCCC3C2)c1C. The number of aromatic amines is 1. The summed E-state index contributed by atoms with van der Waals surface area (Å²) in [6, 6.07) is 0.562. The van der Waals surface area contributed by atoms with Crippen molar-refractivity contribution >= 4 is 5.91 Å². The number of carbonyl (C=O) groups excluding carboxylic acids is 1. The number of H-pyrrole nitrogens is 1. The summed E-state index contributed by atoms with van der Waals surface area (Å²) >= 11 is 0. The Morgan fingerprint density at radius 2 is 2.11 bits per heavy atom. The zero-order chi connectivity index (χ0) is 13.4. The molecule has 3 heterocycles. The second kappa shape index (κ2) is 4.96. The maximum absolute atomic E-state index is 12.5. The third-order valence-electron chi connectivity index (χ3n) is 4.58. The fourth-order valence-electron chi connectivity index (χ4n) is 3.18. The number of aromatic nitrogens is 2. The van der Waals surface area contributed by atoms with Gasteiger partial charge in [-0.25, -0.2) is 0 Å². The second-order valence-corrected chi connectivity index (χ2v) is 5.76. The van der Waals surface area contributed by atoms with Crippen LogP contribution in [0.15, 0.2) is 0 Å². The molecule has 2 saturated heterocycles. The Hall–Kier alpha value is -1.36. The summed E-state index contributed by atoms with van der Waals surface area (Å²) in [5.41, 5.74) is 2.57. The van der Waals surface area contributed by atoms with Gasteiger partial charge in [-0.1, -0.05) is 6.42 Å². The van der Waals surface area contributed by atoms with Crippen molar-refractivity contribution in [3.63, 3.8) is 0 Å². The lowest BCUT2D eigenvalue weighted by atomic mass is 9.99. The van der Waals surface area contributed by atoms with E-state index in [9.17, 15) is 4.79 Å². The van der Waals surface area contributed by atoms with Gasteiger partial charge >= 0.3 is 0 Å². The zero-order valence-electron chi connectivity index (χ0n) is 11.8. The summed E-state index contributed by atoms with van der Waals surface area (Å²) in [7, 11) is 0. The normalized spacial score (nSPS) is 24.3. The Bertz CT molecular complexity index is 482. The number of nitrogens with one attached hydrogen (secondary N) is 1. The minimum atomic E-state index is 0.0899. The molecule has 0 bridgehead atoms. The highest BCUT2D eigenvalue weighted by Crippen LogP contribution is 2.22. The van der Waals surface area contributed by atoms with E-state index in [1.165, 1.54) is 25.8 Å². The largest absolute Gasteiger partial charge is 0.334 e. The number of rotatable bonds is 1. The standard InChI is InChI=1S/C14H22N4O/c1-10-11(2)15-16-13(10)14(19)18-8-7-17-6-4-3-5-12(17)9-18/h12H,3-9H2,1-2H3,(H,15,16). The number of fused-ring (bicyclic) bond motifs is 1. The average molecular weight is 262 g/mol. The predicted octanol–water partition coefficient (Wildman–Crippen LogP) is 1.34. The molecule has 0 aliphatic carbocycles. The van der Waals surface area contributed by atoms with Crippen molar-refractivity contribution in [3.05, 3.63) is 17.0 Å². The molecular formula is C14H22N4O. The number of aryl methyl sites for hydroxylation is 1. The Balaban J connectivity index is 1.72. The molecule has 0 saturated carbocycles. The zero-order valence-corrected chi connectivity index (χ0v) is 11.8. The molecule has 0 aromatic carbocycles. The maximum Gasteiger partial charge on any atom is 0.274 e. The Labute approximate surface area is 114 Å². The molecule has 0 radical (unpaired) electrons. The molecule has 104 valence electrons. The van der Waals surface area contributed by atoms with Crippen molar-refractivity contribution in [3.8, 4) is 0 Å². The highest BCUT2D eigenvalue weighted by atomic mass is 16.2. The minimum Gasteiger partial charge on any atom is -0.334 e. The van der Waals surface area contributed by atoms with Crippen LogP contribution in [0.25, 0.3) is 0 Å². The highest BCUT2D eigenvalue weighted by Gasteiger charge is 2.32. The summed E-state index contributed by atoms with van der Waals surface area (Å²) < 4.78 is 0. The molecular weight excluding hydrogens is 240 g/mol. The summed E-state index contributed by atoms with van der Waals surface area (Å²) in [6.07, 6.45) is 3.83. The van der Waals surface area contributed by atoms with Gasteiger partial charge in [0.25, 0.3) is 5.91 Å². The molecule has 1 aromatic rings. The van der Waals surface area contributed by atoms with Crippen molar-refractivity contribution in [1.29, 1.82) is 0 Å². The number of nitrogens with zero attached hydrogens (tertiary/aromatic N) is 3. The molecule has 2 aliphatic rings. The molecule has 19 heavy (non-hydrogen) atoms. The molecule has 1 atom stereocenters. The van der Waals surface area contributed by atoms with Crippen LogP contribution in [-0.2, 0) is 0 Å². The van der Waals surface area contributed by atoms with Crippen LogP contribution < -0.4 is 0 Å². The van der Waals surface area contributed by atoms with Crippen molar-refractivity contribution in [2.45, 2.75) is 39.2 Å². The molecule has 1 unspecified atom stereocenters. The molecule has 1 aromatic heterocycles. The van der Waals surface area contributed by atoms with Crippen molar-refractivity contribution < 1.29 is 4.79 Å². The van der Waals surface area contributed by atoms with E-state index in [2.05, 4.69) is 15.1 Å². The van der Waals surface area contributed by atoms with Crippen LogP contribution in [0.3, 0.4) is 0 Å². The van der Waals surface area contributed by atoms with Crippen LogP contribution in [0.4, 0.5) is 0 Å². The summed E-state index contributed by atoms with van der Waals surface area (Å²) in [5.74, 6) is 0.0899. The lowest BCUT2D eigenvalue weighted by Crippen LogP contribution is -2.56. The molecule has 0 spiro atoms. The number of amides is 1. The van der Waals surface area contributed by atoms with Gasteiger partial charge in [-0.05, 0) is 33.2 Å². The van der Waals surface area contributed by atoms with Gasteiger partial charge in [-0.15, -0.1) is 0 Å². The molecule has 2 fully saturated rings. The van der Waals surface area contributed by atoms with Crippen LogP contribution in [0.5, 0.6) is 0 Å². The van der Waals surface area contributed by atoms with E-state index in [4.69, 9.17) is 0 Å². The van der Waals surface area contributed by atoms with Gasteiger partial charge in [0.15, 0.2) is 5.69 Å². The van der Waals surface area contributed by atoms with Crippen LogP contribution in [0.2, 0.25) is 0 Å². The van der Waals surface area contributed by atoms with E-state index in [0.29, 0.717) is 11.7 Å². The highest BCUT2D eigenvalue weighted by molar-refractivity contribution is 5.94. The van der Waals surface area contributed by atoms with Crippen LogP contribution in [0, 0.1) is 13.8 Å². The Morgan fingerprint density at radius 3 is 2.84 bits per heavy atom. The van der Waals surface area contributed by atoms with E-state index >= 15 is 0 Å². The first-order valence-corrected chi connectivity index (χ1v) is 7.21. The number of hydrogen-bond acceptors (Lipinski definition) is 3. The van der Waals surface area contributed by atoms with E-state index in [1.54, 1.807) is 0 Å². The first-order valence-electron chi connectivity index (χ1n) is 7.21. The summed E-state index contributed by atoms with van der Waals surface area (Å²) in [5, 5.41) is 7.07. The van der Waals surface area contributed by atoms with Crippen LogP contribution in [-0.4, -0.2) is 58.1 Å². The third kappa shape index (κ3) is 2.27. The third-order valence-corrected chi connectivity index (χ3v) is 4.58. The van der Waals surface area contributed by atoms with Crippen LogP contribution >= 0.6 is 0 Å². The van der Waals surface area contributed by atoms with Gasteiger partial charge in [0.1, 0.15) is 0 Å². The lowest BCUT2D eigenvalue weighted by Gasteiger charge is -2.43. The van der Waals surface area contributed by atoms with E-state index in [1.807, 2.05) is 18.7 Å². The summed E-state index contributed by atoms with van der Waals surface area (Å²) in [6.45, 7) is 7.83. The number of piperazine rings is 1. The molecule has 5 heteroatoms. The lowest BCUT2D eigenvalue weighted by molar-refractivity contribution is 0.0367. The van der Waals surface area contributed by atoms with Crippen molar-refractivity contribution in [1.82, 2.24) is 20.0 Å². The monoisotopic (exact) mass is 262 g/mol. The van der Waals surface area contributed by atoms with Gasteiger partial charge in [0.05, 0.1) is 0 Å². The Kier molecular flexibility index (Phi) is 3.31. The fourth-order valence-corrected chi connectivity index (χ4v) is 3.18. The minimum absolute atomic E-state index is 0.0899. The first-order chi connectivity index (χ1) is 9.16. The molecule has 1 N–H and O–H groups in total. The van der Waals surface area contributed by atoms with Gasteiger partial charge in [-0.3, -0.25) is 14.8 Å². The molecule has 2 aliphatic heterocycles. The van der Waals surface area contributed by atoms with E-state index in [0.717, 1.165) is 30.9 Å². The quantitative estimate of drug-likeness (QED) is 0.831. The van der Waals surface area contributed by atoms with Gasteiger partial charge < -0.3 is 4.90 Å². The topological polar surface area (TPSA) is 52.2 Å². The maximum atomic E-state index is 12.5. The molecule has 1 amide bonds. The molecule has 5 nitrogen and oxygen atoms in total. The number of carbonyl (C=O) groups is 1. The average Bonchev–Trinajstić information content (AvgIpc) is 2.78. The fraction of sp³-hybridized carbons (Fsp3) is 0.714. The predicted molar refractivity (Wildman–Crippen MR) is 73.2 cm³/mol. The van der Waals surface area contributed by atoms with Gasteiger partial charge in [-0.2, -0.15) is 5.10 Å². The smallest absolute Gasteiger partial charge is 0.274 e. The van der Waals surface area contributed by atoms with Crippen molar-refractivity contribution in [2.24, 2.45) is 0 Å². The second-order valence-electron chi connectivity index (χ2n) is 5.76. The Morgan fingerprint density at radius 1 is 1.26 bits per heavy atom. The number of hydrogen-bond donors (Lipinski definition) is 1. The van der Waals surface area contributed by atoms with E-state index in [-0.39, 0.29) is 5.91 Å². The van der Waals surface area contributed by atoms with E-state index < -0.39 is 0 Å². The van der Waals surface area contributed by atoms with Crippen LogP contribution in [0.1, 0.15) is 41.0 Å². The first kappa shape index (κ1) is 12.7.